The lowest BCUT2D eigenvalue weighted by Crippen LogP contribution is -2.41. The number of rotatable bonds is 6. The van der Waals surface area contributed by atoms with Crippen molar-refractivity contribution in [1.29, 1.82) is 0 Å². The molecule has 0 aliphatic carbocycles. The monoisotopic (exact) mass is 311 g/mol. The molecule has 0 spiro atoms. The van der Waals surface area contributed by atoms with Gasteiger partial charge in [-0.15, -0.1) is 0 Å². The summed E-state index contributed by atoms with van der Waals surface area (Å²) in [6.45, 7) is 9.44. The van der Waals surface area contributed by atoms with Crippen LogP contribution in [0.4, 0.5) is 5.82 Å². The zero-order valence-electron chi connectivity index (χ0n) is 14.0. The van der Waals surface area contributed by atoms with Crippen LogP contribution in [0.25, 0.3) is 0 Å². The smallest absolute Gasteiger partial charge is 0.171 e. The number of ether oxygens (including phenoxy) is 1. The van der Waals surface area contributed by atoms with E-state index in [1.165, 1.54) is 5.56 Å². The van der Waals surface area contributed by atoms with Gasteiger partial charge in [-0.2, -0.15) is 0 Å². The van der Waals surface area contributed by atoms with Gasteiger partial charge in [-0.05, 0) is 30.8 Å². The van der Waals surface area contributed by atoms with Crippen LogP contribution in [0.15, 0.2) is 48.7 Å². The van der Waals surface area contributed by atoms with Crippen molar-refractivity contribution < 1.29 is 4.74 Å². The second kappa shape index (κ2) is 7.47. The first-order valence-corrected chi connectivity index (χ1v) is 8.45. The molecule has 2 aromatic rings. The average molecular weight is 311 g/mol. The van der Waals surface area contributed by atoms with Crippen LogP contribution in [0.1, 0.15) is 25.5 Å². The second-order valence-electron chi connectivity index (χ2n) is 5.82. The van der Waals surface area contributed by atoms with Gasteiger partial charge in [0.2, 0.25) is 0 Å². The van der Waals surface area contributed by atoms with E-state index in [2.05, 4.69) is 52.9 Å². The molecule has 0 amide bonds. The maximum Gasteiger partial charge on any atom is 0.171 e. The number of pyridine rings is 1. The van der Waals surface area contributed by atoms with Crippen LogP contribution < -0.4 is 9.64 Å². The molecule has 1 unspecified atom stereocenters. The summed E-state index contributed by atoms with van der Waals surface area (Å²) in [7, 11) is 0. The molecule has 0 N–H and O–H groups in total. The van der Waals surface area contributed by atoms with Crippen molar-refractivity contribution in [1.82, 2.24) is 9.88 Å². The Kier molecular flexibility index (Phi) is 5.13. The van der Waals surface area contributed by atoms with Crippen LogP contribution in [0, 0.1) is 0 Å². The maximum atomic E-state index is 6.19. The summed E-state index contributed by atoms with van der Waals surface area (Å²) < 4.78 is 6.19. The number of nitrogens with zero attached hydrogens (tertiary/aromatic N) is 3. The van der Waals surface area contributed by atoms with Gasteiger partial charge in [-0.1, -0.05) is 44.2 Å². The lowest BCUT2D eigenvalue weighted by atomic mass is 10.1. The first-order valence-electron chi connectivity index (χ1n) is 8.45. The Morgan fingerprint density at radius 2 is 1.91 bits per heavy atom. The number of likely N-dealkylation sites (N-methyl/N-ethyl adjacent to an activating group) is 1. The molecule has 0 bridgehead atoms. The van der Waals surface area contributed by atoms with Gasteiger partial charge in [-0.3, -0.25) is 0 Å². The van der Waals surface area contributed by atoms with E-state index in [4.69, 9.17) is 4.74 Å². The van der Waals surface area contributed by atoms with Gasteiger partial charge >= 0.3 is 0 Å². The van der Waals surface area contributed by atoms with Crippen molar-refractivity contribution in [3.8, 4) is 5.75 Å². The van der Waals surface area contributed by atoms with Gasteiger partial charge in [-0.25, -0.2) is 4.98 Å². The van der Waals surface area contributed by atoms with Crippen molar-refractivity contribution in [3.05, 3.63) is 54.2 Å². The summed E-state index contributed by atoms with van der Waals surface area (Å²) in [6, 6.07) is 14.4. The molecule has 1 aromatic heterocycles. The number of fused-ring (bicyclic) bond motifs is 1. The van der Waals surface area contributed by atoms with E-state index in [1.54, 1.807) is 0 Å². The normalized spacial score (nSPS) is 17.0. The topological polar surface area (TPSA) is 28.6 Å². The third kappa shape index (κ3) is 3.64. The summed E-state index contributed by atoms with van der Waals surface area (Å²) in [5.74, 6) is 1.85. The van der Waals surface area contributed by atoms with E-state index < -0.39 is 0 Å². The van der Waals surface area contributed by atoms with Gasteiger partial charge in [0.15, 0.2) is 11.6 Å². The zero-order chi connectivity index (χ0) is 16.1. The molecule has 4 heteroatoms. The molecule has 23 heavy (non-hydrogen) atoms. The molecule has 3 rings (SSSR count). The van der Waals surface area contributed by atoms with Gasteiger partial charge in [0, 0.05) is 19.3 Å². The minimum atomic E-state index is 0.0598. The zero-order valence-corrected chi connectivity index (χ0v) is 14.0. The first-order chi connectivity index (χ1) is 11.3. The molecule has 1 atom stereocenters. The molecule has 1 aliphatic rings. The molecule has 122 valence electrons. The highest BCUT2D eigenvalue weighted by Gasteiger charge is 2.27. The van der Waals surface area contributed by atoms with Crippen molar-refractivity contribution >= 4 is 5.82 Å². The first kappa shape index (κ1) is 15.8. The van der Waals surface area contributed by atoms with E-state index >= 15 is 0 Å². The molecule has 4 nitrogen and oxygen atoms in total. The molecule has 0 saturated carbocycles. The molecule has 0 radical (unpaired) electrons. The van der Waals surface area contributed by atoms with Crippen molar-refractivity contribution in [3.63, 3.8) is 0 Å². The lowest BCUT2D eigenvalue weighted by Gasteiger charge is -2.36. The third-order valence-corrected chi connectivity index (χ3v) is 4.46. The Morgan fingerprint density at radius 1 is 1.13 bits per heavy atom. The summed E-state index contributed by atoms with van der Waals surface area (Å²) in [4.78, 5) is 9.34. The van der Waals surface area contributed by atoms with Crippen LogP contribution in [-0.2, 0) is 0 Å². The maximum absolute atomic E-state index is 6.19. The molecule has 2 heterocycles. The summed E-state index contributed by atoms with van der Waals surface area (Å²) in [5.41, 5.74) is 1.22. The number of hydrogen-bond acceptors (Lipinski definition) is 4. The Labute approximate surface area is 138 Å². The van der Waals surface area contributed by atoms with Crippen molar-refractivity contribution in [2.75, 3.05) is 37.6 Å². The van der Waals surface area contributed by atoms with Crippen molar-refractivity contribution in [2.45, 2.75) is 20.0 Å². The second-order valence-corrected chi connectivity index (χ2v) is 5.82. The summed E-state index contributed by atoms with van der Waals surface area (Å²) in [6.07, 6.45) is 1.90. The fourth-order valence-electron chi connectivity index (χ4n) is 3.03. The van der Waals surface area contributed by atoms with E-state index in [0.717, 1.165) is 44.3 Å². The standard InChI is InChI=1S/C19H25N3O/c1-3-21(4-2)13-14-22-15-18(16-9-6-5-7-10-16)23-17-11-8-12-20-19(17)22/h5-12,18H,3-4,13-15H2,1-2H3. The van der Waals surface area contributed by atoms with Gasteiger partial charge in [0.1, 0.15) is 6.10 Å². The Morgan fingerprint density at radius 3 is 2.65 bits per heavy atom. The number of anilines is 1. The minimum Gasteiger partial charge on any atom is -0.480 e. The van der Waals surface area contributed by atoms with Crippen LogP contribution in [-0.4, -0.2) is 42.6 Å². The van der Waals surface area contributed by atoms with E-state index in [-0.39, 0.29) is 6.10 Å². The average Bonchev–Trinajstić information content (AvgIpc) is 2.63. The molecule has 1 aromatic carbocycles. The fraction of sp³-hybridized carbons (Fsp3) is 0.421. The van der Waals surface area contributed by atoms with Crippen LogP contribution in [0.2, 0.25) is 0 Å². The van der Waals surface area contributed by atoms with Gasteiger partial charge < -0.3 is 14.5 Å². The molecule has 0 saturated heterocycles. The molecule has 0 fully saturated rings. The van der Waals surface area contributed by atoms with Gasteiger partial charge in [0.05, 0.1) is 6.54 Å². The Bertz CT molecular complexity index is 613. The predicted molar refractivity (Wildman–Crippen MR) is 94.0 cm³/mol. The number of hydrogen-bond donors (Lipinski definition) is 0. The third-order valence-electron chi connectivity index (χ3n) is 4.46. The number of aromatic nitrogens is 1. The quantitative estimate of drug-likeness (QED) is 0.818. The van der Waals surface area contributed by atoms with E-state index in [1.807, 2.05) is 24.4 Å². The van der Waals surface area contributed by atoms with Crippen molar-refractivity contribution in [2.24, 2.45) is 0 Å². The largest absolute Gasteiger partial charge is 0.480 e. The Balaban J connectivity index is 1.80. The molecule has 1 aliphatic heterocycles. The fourth-order valence-corrected chi connectivity index (χ4v) is 3.03. The predicted octanol–water partition coefficient (Wildman–Crippen LogP) is 3.36. The van der Waals surface area contributed by atoms with Crippen LogP contribution in [0.5, 0.6) is 5.75 Å². The van der Waals surface area contributed by atoms with Gasteiger partial charge in [0.25, 0.3) is 0 Å². The highest BCUT2D eigenvalue weighted by Crippen LogP contribution is 2.35. The van der Waals surface area contributed by atoms with E-state index in [9.17, 15) is 0 Å². The summed E-state index contributed by atoms with van der Waals surface area (Å²) in [5, 5.41) is 0. The summed E-state index contributed by atoms with van der Waals surface area (Å²) >= 11 is 0. The van der Waals surface area contributed by atoms with Crippen LogP contribution in [0.3, 0.4) is 0 Å². The highest BCUT2D eigenvalue weighted by molar-refractivity contribution is 5.54. The minimum absolute atomic E-state index is 0.0598. The Hall–Kier alpha value is -2.07. The molecular formula is C19H25N3O. The molecular weight excluding hydrogens is 286 g/mol. The lowest BCUT2D eigenvalue weighted by molar-refractivity contribution is 0.192. The number of benzene rings is 1. The highest BCUT2D eigenvalue weighted by atomic mass is 16.5. The van der Waals surface area contributed by atoms with E-state index in [0.29, 0.717) is 0 Å². The SMILES string of the molecule is CCN(CC)CCN1CC(c2ccccc2)Oc2cccnc21. The van der Waals surface area contributed by atoms with Crippen LogP contribution >= 0.6 is 0 Å².